The lowest BCUT2D eigenvalue weighted by Crippen LogP contribution is -2.15. The van der Waals surface area contributed by atoms with Gasteiger partial charge in [-0.05, 0) is 39.5 Å². The van der Waals surface area contributed by atoms with Gasteiger partial charge in [-0.3, -0.25) is 9.11 Å². The smallest absolute Gasteiger partial charge is 0.265 e. The van der Waals surface area contributed by atoms with Gasteiger partial charge in [0.15, 0.2) is 0 Å². The van der Waals surface area contributed by atoms with E-state index in [2.05, 4.69) is 9.97 Å². The summed E-state index contributed by atoms with van der Waals surface area (Å²) in [6.07, 6.45) is 4.29. The first-order chi connectivity index (χ1) is 13.9. The van der Waals surface area contributed by atoms with Gasteiger partial charge >= 0.3 is 0 Å². The van der Waals surface area contributed by atoms with Crippen LogP contribution in [0.2, 0.25) is 0 Å². The Hall–Kier alpha value is -0.340. The van der Waals surface area contributed by atoms with E-state index in [0.717, 1.165) is 48.8 Å². The van der Waals surface area contributed by atoms with Crippen LogP contribution in [0.1, 0.15) is 34.0 Å². The molecule has 0 spiro atoms. The molecule has 2 heterocycles. The second-order valence-electron chi connectivity index (χ2n) is 5.88. The van der Waals surface area contributed by atoms with Gasteiger partial charge in [-0.15, -0.1) is 45.9 Å². The van der Waals surface area contributed by atoms with Gasteiger partial charge in [0.25, 0.3) is 20.2 Å². The zero-order valence-corrected chi connectivity index (χ0v) is 21.4. The van der Waals surface area contributed by atoms with Gasteiger partial charge in [-0.25, -0.2) is 9.97 Å². The summed E-state index contributed by atoms with van der Waals surface area (Å²) >= 11 is 14.5. The summed E-state index contributed by atoms with van der Waals surface area (Å²) in [5.41, 5.74) is 6.10. The van der Waals surface area contributed by atoms with Crippen LogP contribution < -0.4 is 0 Å². The fourth-order valence-electron chi connectivity index (χ4n) is 1.80. The minimum absolute atomic E-state index is 0.747. The van der Waals surface area contributed by atoms with E-state index in [1.165, 1.54) is 9.75 Å². The maximum atomic E-state index is 9.86. The van der Waals surface area contributed by atoms with Crippen molar-refractivity contribution in [3.05, 3.63) is 32.2 Å². The molecule has 0 saturated heterocycles. The molecule has 14 heteroatoms. The highest BCUT2D eigenvalue weighted by Crippen LogP contribution is 2.14. The Morgan fingerprint density at radius 3 is 1.33 bits per heavy atom. The van der Waals surface area contributed by atoms with Gasteiger partial charge in [0.05, 0.1) is 33.9 Å². The zero-order valence-electron chi connectivity index (χ0n) is 16.6. The maximum Gasteiger partial charge on any atom is 0.265 e. The largest absolute Gasteiger partial charge is 0.286 e. The number of rotatable bonds is 9. The minimum Gasteiger partial charge on any atom is -0.286 e. The zero-order chi connectivity index (χ0) is 23.2. The molecule has 174 valence electrons. The third-order valence-corrected chi connectivity index (χ3v) is 7.59. The van der Waals surface area contributed by atoms with Gasteiger partial charge in [0.2, 0.25) is 0 Å². The summed E-state index contributed by atoms with van der Waals surface area (Å²) in [5, 5.41) is 0. The maximum absolute atomic E-state index is 9.86. The number of hydrogen-bond donors (Lipinski definition) is 2. The average molecular weight is 542 g/mol. The lowest BCUT2D eigenvalue weighted by molar-refractivity contribution is 0.472. The van der Waals surface area contributed by atoms with Crippen molar-refractivity contribution in [3.8, 4) is 0 Å². The molecule has 30 heavy (non-hydrogen) atoms. The molecule has 0 amide bonds. The highest BCUT2D eigenvalue weighted by molar-refractivity contribution is 7.89. The van der Waals surface area contributed by atoms with E-state index >= 15 is 0 Å². The van der Waals surface area contributed by atoms with Crippen molar-refractivity contribution in [1.82, 2.24) is 9.97 Å². The average Bonchev–Trinajstić information content (AvgIpc) is 3.24. The molecule has 0 atom stereocenters. The molecule has 0 fully saturated rings. The van der Waals surface area contributed by atoms with Crippen molar-refractivity contribution in [2.75, 3.05) is 23.3 Å². The van der Waals surface area contributed by atoms with Crippen LogP contribution in [0.3, 0.4) is 0 Å². The molecule has 0 aliphatic rings. The Balaban J connectivity index is 0.000000420. The van der Waals surface area contributed by atoms with Crippen LogP contribution in [0.4, 0.5) is 0 Å². The number of aryl methyl sites for hydroxylation is 4. The summed E-state index contributed by atoms with van der Waals surface area (Å²) in [5.74, 6) is -0.466. The first kappa shape index (κ1) is 29.7. The monoisotopic (exact) mass is 540 g/mol. The summed E-state index contributed by atoms with van der Waals surface area (Å²) in [6.45, 7) is 4.08. The van der Waals surface area contributed by atoms with Crippen LogP contribution in [0.15, 0.2) is 11.0 Å². The van der Waals surface area contributed by atoms with Crippen LogP contribution in [0.5, 0.6) is 0 Å². The topological polar surface area (TPSA) is 135 Å². The number of nitrogens with zero attached hydrogens (tertiary/aromatic N) is 2. The predicted octanol–water partition coefficient (Wildman–Crippen LogP) is 4.01. The van der Waals surface area contributed by atoms with Crippen molar-refractivity contribution < 1.29 is 25.9 Å². The fraction of sp³-hybridized carbons (Fsp3) is 0.625. The summed E-state index contributed by atoms with van der Waals surface area (Å²) in [7, 11) is -8.59. The molecule has 8 nitrogen and oxygen atoms in total. The molecule has 2 aromatic rings. The standard InChI is InChI=1S/2C7H10ClNS.C2H6O6S2/c2*1-6-7(3-2-4-8)10-5-9-6;3-9(4,5)1-2-10(6,7)8/h2*5H,2-4H2,1H3;1-2H2,(H,3,4,5)(H,6,7,8). The Bertz CT molecular complexity index is 853. The lowest BCUT2D eigenvalue weighted by atomic mass is 10.2. The van der Waals surface area contributed by atoms with E-state index in [4.69, 9.17) is 32.3 Å². The van der Waals surface area contributed by atoms with E-state index in [0.29, 0.717) is 0 Å². The van der Waals surface area contributed by atoms with Crippen LogP contribution >= 0.6 is 45.9 Å². The van der Waals surface area contributed by atoms with Gasteiger partial charge < -0.3 is 0 Å². The number of hydrogen-bond acceptors (Lipinski definition) is 8. The molecular formula is C16H26Cl2N2O6S4. The Kier molecular flexibility index (Phi) is 15.3. The van der Waals surface area contributed by atoms with E-state index in [1.54, 1.807) is 22.7 Å². The number of aromatic nitrogens is 2. The van der Waals surface area contributed by atoms with E-state index < -0.39 is 31.7 Å². The van der Waals surface area contributed by atoms with Gasteiger partial charge in [-0.1, -0.05) is 0 Å². The second-order valence-corrected chi connectivity index (χ2v) is 11.7. The fourth-order valence-corrected chi connectivity index (χ4v) is 5.40. The molecule has 0 bridgehead atoms. The highest BCUT2D eigenvalue weighted by atomic mass is 35.5. The number of halogens is 2. The van der Waals surface area contributed by atoms with E-state index in [9.17, 15) is 16.8 Å². The number of alkyl halides is 2. The van der Waals surface area contributed by atoms with Crippen LogP contribution in [0, 0.1) is 13.8 Å². The normalized spacial score (nSPS) is 11.3. The predicted molar refractivity (Wildman–Crippen MR) is 125 cm³/mol. The Labute approximate surface area is 196 Å². The SMILES string of the molecule is Cc1ncsc1CCCCl.Cc1ncsc1CCCCl.O=S(=O)(O)CCS(=O)(=O)O. The number of thiazole rings is 2. The minimum atomic E-state index is -4.30. The van der Waals surface area contributed by atoms with Crippen LogP contribution in [-0.2, 0) is 33.1 Å². The van der Waals surface area contributed by atoms with Crippen LogP contribution in [-0.4, -0.2) is 59.2 Å². The Morgan fingerprint density at radius 2 is 1.13 bits per heavy atom. The summed E-state index contributed by atoms with van der Waals surface area (Å²) in [6, 6.07) is 0. The van der Waals surface area contributed by atoms with Crippen molar-refractivity contribution in [2.45, 2.75) is 39.5 Å². The Morgan fingerprint density at radius 1 is 0.800 bits per heavy atom. The first-order valence-electron chi connectivity index (χ1n) is 8.69. The van der Waals surface area contributed by atoms with E-state index in [-0.39, 0.29) is 0 Å². The quantitative estimate of drug-likeness (QED) is 0.359. The van der Waals surface area contributed by atoms with Gasteiger partial charge in [-0.2, -0.15) is 16.8 Å². The second kappa shape index (κ2) is 15.5. The van der Waals surface area contributed by atoms with Gasteiger partial charge in [0.1, 0.15) is 0 Å². The first-order valence-corrected chi connectivity index (χ1v) is 14.7. The molecule has 2 N–H and O–H groups in total. The third-order valence-electron chi connectivity index (χ3n) is 3.36. The molecule has 0 saturated carbocycles. The molecule has 0 radical (unpaired) electrons. The van der Waals surface area contributed by atoms with Crippen molar-refractivity contribution in [3.63, 3.8) is 0 Å². The molecule has 0 unspecified atom stereocenters. The molecular weight excluding hydrogens is 515 g/mol. The summed E-state index contributed by atoms with van der Waals surface area (Å²) < 4.78 is 55.4. The molecule has 2 rings (SSSR count). The van der Waals surface area contributed by atoms with Crippen molar-refractivity contribution in [1.29, 1.82) is 0 Å². The van der Waals surface area contributed by atoms with E-state index in [1.807, 2.05) is 24.9 Å². The lowest BCUT2D eigenvalue weighted by Gasteiger charge is -1.92. The van der Waals surface area contributed by atoms with Crippen molar-refractivity contribution >= 4 is 66.1 Å². The molecule has 0 aliphatic heterocycles. The van der Waals surface area contributed by atoms with Crippen molar-refractivity contribution in [2.24, 2.45) is 0 Å². The van der Waals surface area contributed by atoms with Crippen LogP contribution in [0.25, 0.3) is 0 Å². The molecule has 0 aromatic carbocycles. The summed E-state index contributed by atoms with van der Waals surface area (Å²) in [4.78, 5) is 11.0. The highest BCUT2D eigenvalue weighted by Gasteiger charge is 2.11. The molecule has 0 aliphatic carbocycles. The third kappa shape index (κ3) is 16.4. The molecule has 2 aromatic heterocycles. The van der Waals surface area contributed by atoms with Gasteiger partial charge in [0, 0.05) is 21.5 Å².